The quantitative estimate of drug-likeness (QED) is 0.280. The van der Waals surface area contributed by atoms with Crippen LogP contribution in [0, 0.1) is 11.7 Å². The van der Waals surface area contributed by atoms with Crippen LogP contribution in [0.1, 0.15) is 50.4 Å². The van der Waals surface area contributed by atoms with Crippen molar-refractivity contribution in [2.45, 2.75) is 63.2 Å². The Balaban J connectivity index is 1.39. The number of amides is 3. The molecule has 0 aliphatic carbocycles. The summed E-state index contributed by atoms with van der Waals surface area (Å²) in [6.45, 7) is 5.66. The fourth-order valence-corrected chi connectivity index (χ4v) is 7.05. The van der Waals surface area contributed by atoms with E-state index in [4.69, 9.17) is 18.9 Å². The highest BCUT2D eigenvalue weighted by Crippen LogP contribution is 2.34. The minimum atomic E-state index is -3.97. The Morgan fingerprint density at radius 3 is 2.37 bits per heavy atom. The summed E-state index contributed by atoms with van der Waals surface area (Å²) in [6, 6.07) is 13.3. The van der Waals surface area contributed by atoms with Gasteiger partial charge in [-0.15, -0.1) is 0 Å². The van der Waals surface area contributed by atoms with Gasteiger partial charge in [-0.1, -0.05) is 6.92 Å². The smallest absolute Gasteiger partial charge is 0.323 e. The van der Waals surface area contributed by atoms with Crippen molar-refractivity contribution in [1.29, 1.82) is 0 Å². The maximum Gasteiger partial charge on any atom is 0.323 e. The van der Waals surface area contributed by atoms with E-state index in [2.05, 4.69) is 10.6 Å². The van der Waals surface area contributed by atoms with Gasteiger partial charge in [0.25, 0.3) is 5.91 Å². The summed E-state index contributed by atoms with van der Waals surface area (Å²) in [5.41, 5.74) is 0.991. The summed E-state index contributed by atoms with van der Waals surface area (Å²) in [6.07, 6.45) is 1.20. The first kappa shape index (κ1) is 37.8. The van der Waals surface area contributed by atoms with Gasteiger partial charge in [0.2, 0.25) is 16.8 Å². The van der Waals surface area contributed by atoms with Gasteiger partial charge in [0.1, 0.15) is 11.6 Å². The molecule has 3 aromatic rings. The number of hydrogen-bond donors (Lipinski definition) is 3. The number of fused-ring (bicyclic) bond motifs is 2. The molecule has 0 fully saturated rings. The van der Waals surface area contributed by atoms with Crippen molar-refractivity contribution < 1.29 is 46.5 Å². The zero-order valence-corrected chi connectivity index (χ0v) is 30.0. The van der Waals surface area contributed by atoms with Gasteiger partial charge < -0.3 is 39.6 Å². The lowest BCUT2D eigenvalue weighted by Crippen LogP contribution is -2.48. The third-order valence-corrected chi connectivity index (χ3v) is 10.7. The average molecular weight is 729 g/mol. The molecule has 3 N–H and O–H groups in total. The van der Waals surface area contributed by atoms with E-state index in [9.17, 15) is 27.5 Å². The number of nitrogens with one attached hydrogen (secondary N) is 2. The van der Waals surface area contributed by atoms with Gasteiger partial charge in [-0.3, -0.25) is 4.79 Å². The maximum atomic E-state index is 14.4. The summed E-state index contributed by atoms with van der Waals surface area (Å²) in [5, 5.41) is 15.8. The lowest BCUT2D eigenvalue weighted by atomic mass is 10.0. The number of hydrogen-bond acceptors (Lipinski definition) is 9. The summed E-state index contributed by atoms with van der Waals surface area (Å²) in [5.74, 6) is 0.0262. The van der Waals surface area contributed by atoms with Crippen molar-refractivity contribution in [2.24, 2.45) is 5.92 Å². The first-order valence-electron chi connectivity index (χ1n) is 16.9. The minimum Gasteiger partial charge on any atom is -0.490 e. The van der Waals surface area contributed by atoms with Crippen LogP contribution in [0.3, 0.4) is 0 Å². The number of ether oxygens (including phenoxy) is 4. The van der Waals surface area contributed by atoms with Crippen molar-refractivity contribution in [1.82, 2.24) is 9.21 Å². The van der Waals surface area contributed by atoms with Crippen LogP contribution in [0.5, 0.6) is 17.2 Å². The zero-order chi connectivity index (χ0) is 36.7. The number of benzene rings is 3. The molecule has 13 nitrogen and oxygen atoms in total. The maximum absolute atomic E-state index is 14.4. The molecule has 2 aliphatic heterocycles. The first-order chi connectivity index (χ1) is 24.3. The number of urea groups is 1. The van der Waals surface area contributed by atoms with Gasteiger partial charge in [0, 0.05) is 50.1 Å². The topological polar surface area (TPSA) is 156 Å². The molecule has 0 aromatic heterocycles. The number of nitrogens with zero attached hydrogens (tertiary/aromatic N) is 2. The summed E-state index contributed by atoms with van der Waals surface area (Å²) in [7, 11) is -2.54. The molecule has 0 saturated heterocycles. The number of carbonyl (C=O) groups excluding carboxylic acids is 2. The molecule has 0 spiro atoms. The highest BCUT2D eigenvalue weighted by Gasteiger charge is 2.32. The number of aliphatic hydroxyl groups excluding tert-OH is 1. The van der Waals surface area contributed by atoms with Gasteiger partial charge in [0.15, 0.2) is 11.5 Å². The number of rotatable bonds is 8. The number of sulfonamides is 1. The molecule has 3 amide bonds. The lowest BCUT2D eigenvalue weighted by molar-refractivity contribution is -0.00834. The second kappa shape index (κ2) is 16.7. The van der Waals surface area contributed by atoms with E-state index < -0.39 is 45.8 Å². The Hall–Kier alpha value is -4.44. The zero-order valence-electron chi connectivity index (χ0n) is 29.1. The van der Waals surface area contributed by atoms with Crippen molar-refractivity contribution in [2.75, 3.05) is 50.8 Å². The fourth-order valence-electron chi connectivity index (χ4n) is 5.87. The van der Waals surface area contributed by atoms with Gasteiger partial charge in [-0.25, -0.2) is 17.6 Å². The number of halogens is 1. The molecule has 4 atom stereocenters. The average Bonchev–Trinajstić information content (AvgIpc) is 3.57. The molecular formula is C36H45FN4O9S. The molecule has 51 heavy (non-hydrogen) atoms. The van der Waals surface area contributed by atoms with Crippen molar-refractivity contribution in [3.8, 4) is 17.2 Å². The molecule has 2 heterocycles. The van der Waals surface area contributed by atoms with Crippen LogP contribution in [0.15, 0.2) is 65.6 Å². The molecule has 3 aromatic carbocycles. The SMILES string of the molecule is C[C@H]1CCCCO[C@H](CN(C)S(=O)(=O)c2ccc(F)cc2)[C@@H](C)CN([C@@H](C)CO)C(=O)c2cc(NC(=O)Nc3ccc4c(c3)OCO4)ccc2O1. The summed E-state index contributed by atoms with van der Waals surface area (Å²) < 4.78 is 64.7. The van der Waals surface area contributed by atoms with Crippen LogP contribution < -0.4 is 24.8 Å². The molecule has 5 rings (SSSR count). The molecule has 0 unspecified atom stereocenters. The molecule has 0 bridgehead atoms. The molecule has 2 aliphatic rings. The predicted octanol–water partition coefficient (Wildman–Crippen LogP) is 5.31. The number of anilines is 2. The highest BCUT2D eigenvalue weighted by molar-refractivity contribution is 7.89. The van der Waals surface area contributed by atoms with Crippen LogP contribution in [0.25, 0.3) is 0 Å². The third-order valence-electron chi connectivity index (χ3n) is 8.90. The Kier molecular flexibility index (Phi) is 12.4. The van der Waals surface area contributed by atoms with E-state index in [1.165, 1.54) is 34.5 Å². The van der Waals surface area contributed by atoms with Gasteiger partial charge in [0.05, 0.1) is 35.3 Å². The fraction of sp³-hybridized carbons (Fsp3) is 0.444. The molecular weight excluding hydrogens is 683 g/mol. The summed E-state index contributed by atoms with van der Waals surface area (Å²) in [4.78, 5) is 28.8. The van der Waals surface area contributed by atoms with E-state index in [0.29, 0.717) is 48.1 Å². The van der Waals surface area contributed by atoms with E-state index >= 15 is 0 Å². The van der Waals surface area contributed by atoms with Crippen LogP contribution in [0.4, 0.5) is 20.6 Å². The van der Waals surface area contributed by atoms with E-state index in [0.717, 1.165) is 18.6 Å². The van der Waals surface area contributed by atoms with Gasteiger partial charge in [-0.2, -0.15) is 4.31 Å². The van der Waals surface area contributed by atoms with Crippen LogP contribution >= 0.6 is 0 Å². The number of carbonyl (C=O) groups is 2. The van der Waals surface area contributed by atoms with E-state index in [-0.39, 0.29) is 43.1 Å². The highest BCUT2D eigenvalue weighted by atomic mass is 32.2. The monoisotopic (exact) mass is 728 g/mol. The predicted molar refractivity (Wildman–Crippen MR) is 188 cm³/mol. The molecule has 0 radical (unpaired) electrons. The first-order valence-corrected chi connectivity index (χ1v) is 18.3. The second-order valence-electron chi connectivity index (χ2n) is 12.9. The molecule has 276 valence electrons. The second-order valence-corrected chi connectivity index (χ2v) is 14.9. The minimum absolute atomic E-state index is 0.0287. The lowest BCUT2D eigenvalue weighted by Gasteiger charge is -2.35. The van der Waals surface area contributed by atoms with Crippen molar-refractivity contribution in [3.63, 3.8) is 0 Å². The largest absolute Gasteiger partial charge is 0.490 e. The van der Waals surface area contributed by atoms with Crippen LogP contribution in [-0.4, -0.2) is 93.1 Å². The Morgan fingerprint density at radius 1 is 1.00 bits per heavy atom. The van der Waals surface area contributed by atoms with Crippen molar-refractivity contribution >= 4 is 33.3 Å². The standard InChI is InChI=1S/C36H45FN4O9S/c1-23-19-41(24(2)21-42)35(43)30-17-27(38-36(44)39-28-11-15-32-33(18-28)49-22-48-32)10-14-31(30)50-25(3)7-5-6-16-47-34(23)20-40(4)51(45,46)29-12-8-26(37)9-13-29/h8-15,17-18,23-25,34,42H,5-7,16,19-22H2,1-4H3,(H2,38,39,44)/t23-,24-,25-,34+/m0/s1. The normalized spacial score (nSPS) is 20.6. The summed E-state index contributed by atoms with van der Waals surface area (Å²) >= 11 is 0. The number of likely N-dealkylation sites (N-methyl/N-ethyl adjacent to an activating group) is 1. The van der Waals surface area contributed by atoms with Crippen molar-refractivity contribution in [3.05, 3.63) is 72.0 Å². The molecule has 0 saturated carbocycles. The van der Waals surface area contributed by atoms with Gasteiger partial charge >= 0.3 is 6.03 Å². The Bertz CT molecular complexity index is 1790. The van der Waals surface area contributed by atoms with Gasteiger partial charge in [-0.05, 0) is 87.7 Å². The Labute approximate surface area is 297 Å². The van der Waals surface area contributed by atoms with E-state index in [1.807, 2.05) is 13.8 Å². The Morgan fingerprint density at radius 2 is 1.67 bits per heavy atom. The van der Waals surface area contributed by atoms with Crippen LogP contribution in [-0.2, 0) is 14.8 Å². The third kappa shape index (κ3) is 9.47. The molecule has 15 heteroatoms. The van der Waals surface area contributed by atoms with E-state index in [1.54, 1.807) is 37.3 Å². The number of aliphatic hydroxyl groups is 1. The van der Waals surface area contributed by atoms with Crippen LogP contribution in [0.2, 0.25) is 0 Å².